The minimum absolute atomic E-state index is 0.0481. The number of aromatic nitrogens is 2. The van der Waals surface area contributed by atoms with Crippen LogP contribution in [-0.4, -0.2) is 48.8 Å². The lowest BCUT2D eigenvalue weighted by Crippen LogP contribution is -2.30. The van der Waals surface area contributed by atoms with Crippen molar-refractivity contribution in [1.29, 1.82) is 0 Å². The quantitative estimate of drug-likeness (QED) is 0.517. The number of nitrogens with zero attached hydrogens (tertiary/aromatic N) is 4. The van der Waals surface area contributed by atoms with Crippen molar-refractivity contribution in [2.75, 3.05) is 22.1 Å². The molecule has 0 bridgehead atoms. The SMILES string of the molecule is CC(=O)N(c1nnc(SCC(=O)N2CCc3cc(S(N)(=O)=O)ccc32)s1)C1CC1. The van der Waals surface area contributed by atoms with Crippen molar-refractivity contribution in [2.24, 2.45) is 5.14 Å². The van der Waals surface area contributed by atoms with E-state index in [1.165, 1.54) is 42.2 Å². The highest BCUT2D eigenvalue weighted by Gasteiger charge is 2.34. The van der Waals surface area contributed by atoms with Crippen molar-refractivity contribution in [3.8, 4) is 0 Å². The maximum Gasteiger partial charge on any atom is 0.238 e. The molecule has 1 saturated carbocycles. The van der Waals surface area contributed by atoms with Crippen molar-refractivity contribution in [3.05, 3.63) is 23.8 Å². The van der Waals surface area contributed by atoms with Gasteiger partial charge in [0.1, 0.15) is 0 Å². The maximum atomic E-state index is 12.7. The van der Waals surface area contributed by atoms with Crippen LogP contribution in [0.4, 0.5) is 10.8 Å². The molecule has 29 heavy (non-hydrogen) atoms. The third-order valence-corrected chi connectivity index (χ3v) is 7.70. The zero-order valence-electron chi connectivity index (χ0n) is 15.6. The van der Waals surface area contributed by atoms with Crippen LogP contribution in [-0.2, 0) is 26.0 Å². The van der Waals surface area contributed by atoms with E-state index in [1.54, 1.807) is 15.9 Å². The summed E-state index contributed by atoms with van der Waals surface area (Å²) in [4.78, 5) is 27.9. The Morgan fingerprint density at radius 1 is 1.34 bits per heavy atom. The molecule has 0 unspecified atom stereocenters. The van der Waals surface area contributed by atoms with Gasteiger partial charge in [0.2, 0.25) is 27.0 Å². The first-order valence-electron chi connectivity index (χ1n) is 8.96. The number of sulfonamides is 1. The summed E-state index contributed by atoms with van der Waals surface area (Å²) in [5, 5.41) is 13.9. The minimum Gasteiger partial charge on any atom is -0.311 e. The van der Waals surface area contributed by atoms with E-state index in [9.17, 15) is 18.0 Å². The topological polar surface area (TPSA) is 127 Å². The van der Waals surface area contributed by atoms with Crippen LogP contribution in [0.15, 0.2) is 27.4 Å². The largest absolute Gasteiger partial charge is 0.311 e. The molecule has 0 spiro atoms. The molecule has 4 rings (SSSR count). The number of fused-ring (bicyclic) bond motifs is 1. The number of thioether (sulfide) groups is 1. The Morgan fingerprint density at radius 3 is 2.76 bits per heavy atom. The first kappa shape index (κ1) is 20.3. The summed E-state index contributed by atoms with van der Waals surface area (Å²) >= 11 is 2.59. The Bertz CT molecular complexity index is 1080. The van der Waals surface area contributed by atoms with E-state index >= 15 is 0 Å². The molecule has 0 atom stereocenters. The monoisotopic (exact) mass is 453 g/mol. The van der Waals surface area contributed by atoms with Crippen molar-refractivity contribution in [3.63, 3.8) is 0 Å². The molecule has 1 aliphatic heterocycles. The molecule has 1 aliphatic carbocycles. The van der Waals surface area contributed by atoms with Gasteiger partial charge in [0, 0.05) is 25.2 Å². The van der Waals surface area contributed by atoms with Gasteiger partial charge in [-0.05, 0) is 43.0 Å². The van der Waals surface area contributed by atoms with Gasteiger partial charge in [0.05, 0.1) is 10.6 Å². The fourth-order valence-electron chi connectivity index (χ4n) is 3.25. The van der Waals surface area contributed by atoms with Gasteiger partial charge in [0.25, 0.3) is 0 Å². The van der Waals surface area contributed by atoms with Crippen molar-refractivity contribution in [1.82, 2.24) is 10.2 Å². The lowest BCUT2D eigenvalue weighted by molar-refractivity contribution is -0.117. The molecule has 2 amide bonds. The predicted molar refractivity (Wildman–Crippen MR) is 111 cm³/mol. The molecular weight excluding hydrogens is 434 g/mol. The Labute approximate surface area is 176 Å². The number of carbonyl (C=O) groups excluding carboxylic acids is 2. The highest BCUT2D eigenvalue weighted by Crippen LogP contribution is 2.36. The lowest BCUT2D eigenvalue weighted by Gasteiger charge is -2.17. The summed E-state index contributed by atoms with van der Waals surface area (Å²) in [7, 11) is -3.77. The Balaban J connectivity index is 1.41. The second-order valence-corrected chi connectivity index (χ2v) is 10.6. The second-order valence-electron chi connectivity index (χ2n) is 6.89. The van der Waals surface area contributed by atoms with Crippen LogP contribution in [0.25, 0.3) is 0 Å². The van der Waals surface area contributed by atoms with Crippen molar-refractivity contribution in [2.45, 2.75) is 41.5 Å². The molecular formula is C17H19N5O4S3. The van der Waals surface area contributed by atoms with Crippen LogP contribution in [0.1, 0.15) is 25.3 Å². The lowest BCUT2D eigenvalue weighted by atomic mass is 10.2. The van der Waals surface area contributed by atoms with Crippen LogP contribution < -0.4 is 14.9 Å². The van der Waals surface area contributed by atoms with Crippen molar-refractivity contribution < 1.29 is 18.0 Å². The molecule has 2 N–H and O–H groups in total. The number of carbonyl (C=O) groups is 2. The second kappa shape index (κ2) is 7.67. The Hall–Kier alpha value is -2.02. The molecule has 9 nitrogen and oxygen atoms in total. The van der Waals surface area contributed by atoms with Crippen LogP contribution >= 0.6 is 23.1 Å². The van der Waals surface area contributed by atoms with Crippen molar-refractivity contribution >= 4 is 55.8 Å². The molecule has 12 heteroatoms. The highest BCUT2D eigenvalue weighted by atomic mass is 32.2. The normalized spacial score (nSPS) is 16.0. The molecule has 1 fully saturated rings. The van der Waals surface area contributed by atoms with Gasteiger partial charge in [-0.2, -0.15) is 0 Å². The number of benzene rings is 1. The molecule has 1 aromatic heterocycles. The predicted octanol–water partition coefficient (Wildman–Crippen LogP) is 1.38. The van der Waals surface area contributed by atoms with E-state index < -0.39 is 10.0 Å². The summed E-state index contributed by atoms with van der Waals surface area (Å²) in [6, 6.07) is 4.77. The zero-order valence-corrected chi connectivity index (χ0v) is 18.0. The number of anilines is 2. The van der Waals surface area contributed by atoms with Gasteiger partial charge >= 0.3 is 0 Å². The third-order valence-electron chi connectivity index (χ3n) is 4.75. The minimum atomic E-state index is -3.77. The third kappa shape index (κ3) is 4.29. The smallest absolute Gasteiger partial charge is 0.238 e. The summed E-state index contributed by atoms with van der Waals surface area (Å²) in [5.74, 6) is 0.0254. The van der Waals surface area contributed by atoms with E-state index in [2.05, 4.69) is 10.2 Å². The molecule has 2 aromatic rings. The van der Waals surface area contributed by atoms with Crippen LogP contribution in [0, 0.1) is 0 Å². The first-order chi connectivity index (χ1) is 13.7. The number of primary sulfonamides is 1. The molecule has 154 valence electrons. The Kier molecular flexibility index (Phi) is 5.36. The maximum absolute atomic E-state index is 12.7. The van der Waals surface area contributed by atoms with Gasteiger partial charge in [0.15, 0.2) is 4.34 Å². The fraction of sp³-hybridized carbons (Fsp3) is 0.412. The van der Waals surface area contributed by atoms with E-state index in [4.69, 9.17) is 5.14 Å². The van der Waals surface area contributed by atoms with E-state index in [0.29, 0.717) is 28.1 Å². The first-order valence-corrected chi connectivity index (χ1v) is 12.3. The van der Waals surface area contributed by atoms with E-state index in [1.807, 2.05) is 0 Å². The summed E-state index contributed by atoms with van der Waals surface area (Å²) in [5.41, 5.74) is 1.49. The zero-order chi connectivity index (χ0) is 20.8. The molecule has 0 radical (unpaired) electrons. The van der Waals surface area contributed by atoms with Crippen LogP contribution in [0.3, 0.4) is 0 Å². The average Bonchev–Trinajstić information content (AvgIpc) is 3.21. The van der Waals surface area contributed by atoms with Crippen LogP contribution in [0.5, 0.6) is 0 Å². The van der Waals surface area contributed by atoms with Gasteiger partial charge in [-0.15, -0.1) is 10.2 Å². The van der Waals surface area contributed by atoms with Gasteiger partial charge < -0.3 is 4.90 Å². The van der Waals surface area contributed by atoms with Gasteiger partial charge in [-0.3, -0.25) is 14.5 Å². The average molecular weight is 454 g/mol. The van der Waals surface area contributed by atoms with Crippen LogP contribution in [0.2, 0.25) is 0 Å². The standard InChI is InChI=1S/C17H19N5O4S3/c1-10(23)22(12-2-3-12)16-19-20-17(28-16)27-9-15(24)21-7-6-11-8-13(29(18,25)26)4-5-14(11)21/h4-5,8,12H,2-3,6-7,9H2,1H3,(H2,18,25,26). The van der Waals surface area contributed by atoms with Gasteiger partial charge in [-0.1, -0.05) is 23.1 Å². The number of hydrogen-bond donors (Lipinski definition) is 1. The number of amides is 2. The van der Waals surface area contributed by atoms with E-state index in [0.717, 1.165) is 18.4 Å². The molecule has 0 saturated heterocycles. The molecule has 2 aliphatic rings. The van der Waals surface area contributed by atoms with Gasteiger partial charge in [-0.25, -0.2) is 13.6 Å². The highest BCUT2D eigenvalue weighted by molar-refractivity contribution is 8.01. The summed E-state index contributed by atoms with van der Waals surface area (Å²) < 4.78 is 23.6. The van der Waals surface area contributed by atoms with E-state index in [-0.39, 0.29) is 28.5 Å². The number of rotatable bonds is 6. The Morgan fingerprint density at radius 2 is 2.10 bits per heavy atom. The number of nitrogens with two attached hydrogens (primary N) is 1. The summed E-state index contributed by atoms with van der Waals surface area (Å²) in [6.07, 6.45) is 2.52. The molecule has 1 aromatic carbocycles. The molecule has 2 heterocycles. The fourth-order valence-corrected chi connectivity index (χ4v) is 5.65. The summed E-state index contributed by atoms with van der Waals surface area (Å²) in [6.45, 7) is 2.01. The number of hydrogen-bond acceptors (Lipinski definition) is 8.